The van der Waals surface area contributed by atoms with E-state index in [1.165, 1.54) is 11.8 Å². The molecule has 30 heavy (non-hydrogen) atoms. The number of benzene rings is 2. The predicted molar refractivity (Wildman–Crippen MR) is 119 cm³/mol. The number of ketones is 1. The number of hydrogen-bond acceptors (Lipinski definition) is 5. The van der Waals surface area contributed by atoms with Crippen molar-refractivity contribution >= 4 is 46.5 Å². The van der Waals surface area contributed by atoms with E-state index in [2.05, 4.69) is 15.1 Å². The number of fused-ring (bicyclic) bond motifs is 2. The number of carbonyl (C=O) groups is 1. The maximum atomic E-state index is 12.8. The van der Waals surface area contributed by atoms with Gasteiger partial charge in [0.1, 0.15) is 0 Å². The Morgan fingerprint density at radius 3 is 2.67 bits per heavy atom. The first-order valence-electron chi connectivity index (χ1n) is 9.47. The molecule has 0 bridgehead atoms. The number of nitrogens with zero attached hydrogens (tertiary/aromatic N) is 4. The third-order valence-electron chi connectivity index (χ3n) is 5.16. The summed E-state index contributed by atoms with van der Waals surface area (Å²) < 4.78 is 1.60. The maximum absolute atomic E-state index is 12.8. The number of hydrogen-bond donors (Lipinski definition) is 0. The van der Waals surface area contributed by atoms with Crippen LogP contribution in [0.1, 0.15) is 39.5 Å². The average Bonchev–Trinajstić information content (AvgIpc) is 3.14. The summed E-state index contributed by atoms with van der Waals surface area (Å²) in [5.41, 5.74) is 3.59. The summed E-state index contributed by atoms with van der Waals surface area (Å²) in [7, 11) is 0. The van der Waals surface area contributed by atoms with Crippen LogP contribution in [0, 0.1) is 0 Å². The third kappa shape index (κ3) is 3.95. The zero-order chi connectivity index (χ0) is 20.7. The Kier molecular flexibility index (Phi) is 5.23. The van der Waals surface area contributed by atoms with Crippen molar-refractivity contribution in [2.75, 3.05) is 0 Å². The Bertz CT molecular complexity index is 1260. The molecule has 0 radical (unpaired) electrons. The molecule has 2 heterocycles. The minimum atomic E-state index is 0.0697. The van der Waals surface area contributed by atoms with Crippen LogP contribution in [0.2, 0.25) is 10.0 Å². The van der Waals surface area contributed by atoms with Gasteiger partial charge in [-0.1, -0.05) is 59.2 Å². The van der Waals surface area contributed by atoms with Gasteiger partial charge in [0.15, 0.2) is 5.78 Å². The lowest BCUT2D eigenvalue weighted by Crippen LogP contribution is -2.21. The van der Waals surface area contributed by atoms with Crippen LogP contribution < -0.4 is 0 Å². The molecule has 1 aliphatic carbocycles. The van der Waals surface area contributed by atoms with Crippen LogP contribution in [0.3, 0.4) is 0 Å². The van der Waals surface area contributed by atoms with E-state index in [1.807, 2.05) is 48.5 Å². The first-order chi connectivity index (χ1) is 14.5. The molecule has 2 aromatic heterocycles. The zero-order valence-electron chi connectivity index (χ0n) is 15.8. The van der Waals surface area contributed by atoms with Gasteiger partial charge in [-0.3, -0.25) is 4.79 Å². The van der Waals surface area contributed by atoms with Crippen LogP contribution in [0.25, 0.3) is 5.78 Å². The van der Waals surface area contributed by atoms with Crippen LogP contribution in [-0.4, -0.2) is 25.4 Å². The van der Waals surface area contributed by atoms with Crippen LogP contribution in [-0.2, 0) is 12.2 Å². The molecular formula is C22H16Cl2N4OS. The van der Waals surface area contributed by atoms with Crippen LogP contribution in [0.15, 0.2) is 59.9 Å². The fourth-order valence-electron chi connectivity index (χ4n) is 3.65. The highest BCUT2D eigenvalue weighted by Gasteiger charge is 2.28. The van der Waals surface area contributed by atoms with Gasteiger partial charge in [0.25, 0.3) is 5.78 Å². The zero-order valence-corrected chi connectivity index (χ0v) is 18.1. The van der Waals surface area contributed by atoms with E-state index in [0.29, 0.717) is 39.4 Å². The van der Waals surface area contributed by atoms with Crippen molar-refractivity contribution in [3.63, 3.8) is 0 Å². The van der Waals surface area contributed by atoms with E-state index in [4.69, 9.17) is 23.2 Å². The number of halogens is 2. The highest BCUT2D eigenvalue weighted by molar-refractivity contribution is 7.98. The quantitative estimate of drug-likeness (QED) is 0.373. The van der Waals surface area contributed by atoms with Gasteiger partial charge in [-0.15, -0.1) is 5.10 Å². The Morgan fingerprint density at radius 1 is 1.03 bits per heavy atom. The van der Waals surface area contributed by atoms with Gasteiger partial charge in [0.2, 0.25) is 5.16 Å². The second-order valence-electron chi connectivity index (χ2n) is 7.24. The van der Waals surface area contributed by atoms with E-state index < -0.39 is 0 Å². The van der Waals surface area contributed by atoms with E-state index in [-0.39, 0.29) is 11.7 Å². The molecule has 0 saturated heterocycles. The number of carbonyl (C=O) groups excluding carboxylic acids is 1. The summed E-state index contributed by atoms with van der Waals surface area (Å²) in [6.45, 7) is 0. The summed E-state index contributed by atoms with van der Waals surface area (Å²) in [4.78, 5) is 22.0. The molecule has 1 atom stereocenters. The molecular weight excluding hydrogens is 439 g/mol. The smallest absolute Gasteiger partial charge is 0.253 e. The van der Waals surface area contributed by atoms with Gasteiger partial charge in [0, 0.05) is 28.4 Å². The Labute approximate surface area is 187 Å². The molecule has 0 saturated carbocycles. The fraction of sp³-hybridized carbons (Fsp3) is 0.182. The molecule has 5 nitrogen and oxygen atoms in total. The first-order valence-corrected chi connectivity index (χ1v) is 11.2. The van der Waals surface area contributed by atoms with Crippen molar-refractivity contribution in [2.45, 2.75) is 29.7 Å². The van der Waals surface area contributed by atoms with Gasteiger partial charge >= 0.3 is 0 Å². The van der Waals surface area contributed by atoms with Crippen molar-refractivity contribution in [1.82, 2.24) is 19.6 Å². The van der Waals surface area contributed by atoms with Crippen LogP contribution in [0.4, 0.5) is 0 Å². The molecule has 0 aliphatic heterocycles. The summed E-state index contributed by atoms with van der Waals surface area (Å²) in [5, 5.41) is 6.50. The number of rotatable bonds is 4. The van der Waals surface area contributed by atoms with Crippen LogP contribution in [0.5, 0.6) is 0 Å². The summed E-state index contributed by atoms with van der Waals surface area (Å²) in [6, 6.07) is 15.4. The van der Waals surface area contributed by atoms with Crippen LogP contribution >= 0.6 is 35.0 Å². The fourth-order valence-corrected chi connectivity index (χ4v) is 4.76. The minimum Gasteiger partial charge on any atom is -0.294 e. The van der Waals surface area contributed by atoms with Gasteiger partial charge < -0.3 is 0 Å². The molecule has 0 amide bonds. The van der Waals surface area contributed by atoms with Gasteiger partial charge in [-0.05, 0) is 47.7 Å². The molecule has 0 fully saturated rings. The second kappa shape index (κ2) is 8.02. The first kappa shape index (κ1) is 19.5. The molecule has 5 rings (SSSR count). The monoisotopic (exact) mass is 454 g/mol. The summed E-state index contributed by atoms with van der Waals surface area (Å²) in [5.74, 6) is 1.37. The Balaban J connectivity index is 1.40. The lowest BCUT2D eigenvalue weighted by molar-refractivity contribution is 0.0962. The van der Waals surface area contributed by atoms with E-state index >= 15 is 0 Å². The minimum absolute atomic E-state index is 0.0697. The largest absolute Gasteiger partial charge is 0.294 e. The normalized spacial score (nSPS) is 16.1. The van der Waals surface area contributed by atoms with Crippen molar-refractivity contribution < 1.29 is 4.79 Å². The maximum Gasteiger partial charge on any atom is 0.253 e. The summed E-state index contributed by atoms with van der Waals surface area (Å²) >= 11 is 13.6. The van der Waals surface area contributed by atoms with E-state index in [1.54, 1.807) is 10.7 Å². The topological polar surface area (TPSA) is 60.2 Å². The summed E-state index contributed by atoms with van der Waals surface area (Å²) in [6.07, 6.45) is 2.87. The number of thioether (sulfide) groups is 1. The van der Waals surface area contributed by atoms with Crippen molar-refractivity contribution in [3.8, 4) is 0 Å². The lowest BCUT2D eigenvalue weighted by Gasteiger charge is -2.23. The third-order valence-corrected chi connectivity index (χ3v) is 6.56. The van der Waals surface area contributed by atoms with Crippen molar-refractivity contribution in [3.05, 3.63) is 87.2 Å². The van der Waals surface area contributed by atoms with Crippen molar-refractivity contribution in [2.24, 2.45) is 0 Å². The molecule has 150 valence electrons. The molecule has 0 unspecified atom stereocenters. The molecule has 4 aromatic rings. The predicted octanol–water partition coefficient (Wildman–Crippen LogP) is 5.64. The number of aromatic nitrogens is 4. The SMILES string of the molecule is O=C1C[C@H](c2cccc(Cl)c2)Cc2nc3nc(SCc4ccc(Cl)cc4)nn3cc21. The van der Waals surface area contributed by atoms with Gasteiger partial charge in [0.05, 0.1) is 11.3 Å². The Hall–Kier alpha value is -2.41. The molecule has 0 spiro atoms. The highest BCUT2D eigenvalue weighted by atomic mass is 35.5. The van der Waals surface area contributed by atoms with Crippen molar-refractivity contribution in [1.29, 1.82) is 0 Å². The van der Waals surface area contributed by atoms with Gasteiger partial charge in [-0.25, -0.2) is 9.50 Å². The van der Waals surface area contributed by atoms with E-state index in [0.717, 1.165) is 22.6 Å². The Morgan fingerprint density at radius 2 is 1.87 bits per heavy atom. The molecule has 0 N–H and O–H groups in total. The van der Waals surface area contributed by atoms with Gasteiger partial charge in [-0.2, -0.15) is 4.98 Å². The van der Waals surface area contributed by atoms with E-state index in [9.17, 15) is 4.79 Å². The standard InChI is InChI=1S/C22H16Cl2N4OS/c23-16-6-4-13(5-7-16)12-30-22-26-21-25-19-9-15(14-2-1-3-17(24)8-14)10-20(29)18(19)11-28(21)27-22/h1-8,11,15H,9-10,12H2/t15-/m1/s1. The highest BCUT2D eigenvalue weighted by Crippen LogP contribution is 2.33. The number of Topliss-reactive ketones (excluding diaryl/α,β-unsaturated/α-hetero) is 1. The second-order valence-corrected chi connectivity index (χ2v) is 9.05. The molecule has 8 heteroatoms. The average molecular weight is 455 g/mol. The lowest BCUT2D eigenvalue weighted by atomic mass is 9.82. The molecule has 2 aromatic carbocycles. The molecule has 1 aliphatic rings.